The van der Waals surface area contributed by atoms with Gasteiger partial charge in [0.05, 0.1) is 11.6 Å². The Balaban J connectivity index is 1.75. The molecule has 1 fully saturated rings. The lowest BCUT2D eigenvalue weighted by Crippen LogP contribution is -2.54. The number of allylic oxidation sites excluding steroid dienone is 2. The molecule has 0 unspecified atom stereocenters. The third-order valence-corrected chi connectivity index (χ3v) is 7.33. The van der Waals surface area contributed by atoms with Crippen LogP contribution in [-0.2, 0) is 14.3 Å². The van der Waals surface area contributed by atoms with E-state index in [2.05, 4.69) is 0 Å². The second-order valence-corrected chi connectivity index (χ2v) is 10.3. The lowest BCUT2D eigenvalue weighted by Gasteiger charge is -2.38. The van der Waals surface area contributed by atoms with Crippen LogP contribution in [0.25, 0.3) is 0 Å². The van der Waals surface area contributed by atoms with Gasteiger partial charge in [-0.05, 0) is 42.7 Å². The number of carbonyl (C=O) groups excluding carboxylic acids is 1. The maximum Gasteiger partial charge on any atom is 0.422 e. The first-order valence-electron chi connectivity index (χ1n) is 12.8. The number of amides is 1. The van der Waals surface area contributed by atoms with E-state index in [9.17, 15) is 46.3 Å². The number of halogens is 7. The number of alkyl halides is 6. The lowest BCUT2D eigenvalue weighted by molar-refractivity contribution is -0.197. The van der Waals surface area contributed by atoms with Crippen LogP contribution in [0.15, 0.2) is 66.8 Å². The van der Waals surface area contributed by atoms with Crippen LogP contribution in [0.1, 0.15) is 41.5 Å². The largest absolute Gasteiger partial charge is 0.482 e. The van der Waals surface area contributed by atoms with Gasteiger partial charge in [-0.25, -0.2) is 4.79 Å². The van der Waals surface area contributed by atoms with Gasteiger partial charge in [-0.1, -0.05) is 54.1 Å². The molecule has 2 atom stereocenters. The van der Waals surface area contributed by atoms with Crippen molar-refractivity contribution in [2.75, 3.05) is 13.2 Å². The van der Waals surface area contributed by atoms with Crippen LogP contribution in [0.3, 0.4) is 0 Å². The summed E-state index contributed by atoms with van der Waals surface area (Å²) in [4.78, 5) is 27.2. The highest BCUT2D eigenvalue weighted by molar-refractivity contribution is 6.31. The number of hydrogen-bond donors (Lipinski definition) is 1. The molecule has 2 aromatic carbocycles. The van der Waals surface area contributed by atoms with Crippen LogP contribution < -0.4 is 4.74 Å². The van der Waals surface area contributed by atoms with Crippen molar-refractivity contribution in [2.45, 2.75) is 48.8 Å². The van der Waals surface area contributed by atoms with E-state index in [1.165, 1.54) is 36.4 Å². The summed E-state index contributed by atoms with van der Waals surface area (Å²) >= 11 is 6.32. The molecule has 1 N–H and O–H groups in total. The number of carboxylic acid groups (broad SMARTS) is 1. The third-order valence-electron chi connectivity index (χ3n) is 6.99. The molecule has 0 bridgehead atoms. The number of benzene rings is 2. The van der Waals surface area contributed by atoms with E-state index in [1.807, 2.05) is 0 Å². The van der Waals surface area contributed by atoms with Crippen LogP contribution in [0.4, 0.5) is 26.3 Å². The summed E-state index contributed by atoms with van der Waals surface area (Å²) in [7, 11) is 0. The first kappa shape index (κ1) is 31.9. The molecule has 0 aromatic heterocycles. The highest BCUT2D eigenvalue weighted by atomic mass is 35.5. The third kappa shape index (κ3) is 7.14. The van der Waals surface area contributed by atoms with Crippen molar-refractivity contribution in [1.29, 1.82) is 5.26 Å². The molecule has 7 nitrogen and oxygen atoms in total. The fourth-order valence-corrected chi connectivity index (χ4v) is 5.39. The second-order valence-electron chi connectivity index (χ2n) is 9.86. The molecule has 0 radical (unpaired) electrons. The van der Waals surface area contributed by atoms with E-state index >= 15 is 0 Å². The number of carbonyl (C=O) groups is 2. The summed E-state index contributed by atoms with van der Waals surface area (Å²) in [6.07, 6.45) is -5.01. The van der Waals surface area contributed by atoms with Gasteiger partial charge in [0.1, 0.15) is 24.5 Å². The SMILES string of the molecule is N#Cc1cccc(C2C=CC(OCC(F)(F)F)(C(=O)N3[C@@H](c4ccccc4Cl)CC[C@H]3C(=O)O)C=C2)c1OCC(F)(F)F. The molecule has 1 aliphatic heterocycles. The highest BCUT2D eigenvalue weighted by Gasteiger charge is 2.51. The number of rotatable bonds is 8. The Labute approximate surface area is 246 Å². The van der Waals surface area contributed by atoms with Gasteiger partial charge >= 0.3 is 18.3 Å². The number of aliphatic carboxylic acids is 1. The van der Waals surface area contributed by atoms with Crippen LogP contribution in [0, 0.1) is 11.3 Å². The van der Waals surface area contributed by atoms with Crippen molar-refractivity contribution < 1.29 is 50.5 Å². The summed E-state index contributed by atoms with van der Waals surface area (Å²) in [6, 6.07) is 9.77. The van der Waals surface area contributed by atoms with Crippen LogP contribution in [0.2, 0.25) is 5.02 Å². The van der Waals surface area contributed by atoms with E-state index in [0.717, 1.165) is 17.1 Å². The quantitative estimate of drug-likeness (QED) is 0.265. The Morgan fingerprint density at radius 1 is 0.977 bits per heavy atom. The molecule has 2 aliphatic rings. The average Bonchev–Trinajstić information content (AvgIpc) is 3.39. The van der Waals surface area contributed by atoms with E-state index in [-0.39, 0.29) is 34.7 Å². The molecule has 1 saturated heterocycles. The Hall–Kier alpha value is -4.02. The van der Waals surface area contributed by atoms with Crippen LogP contribution in [-0.4, -0.2) is 59.1 Å². The molecule has 228 valence electrons. The molecule has 1 aliphatic carbocycles. The minimum Gasteiger partial charge on any atom is -0.482 e. The normalized spacial score (nSPS) is 23.7. The van der Waals surface area contributed by atoms with E-state index < -0.39 is 61.0 Å². The Kier molecular flexibility index (Phi) is 9.13. The summed E-state index contributed by atoms with van der Waals surface area (Å²) < 4.78 is 88.8. The predicted octanol–water partition coefficient (Wildman–Crippen LogP) is 6.50. The smallest absolute Gasteiger partial charge is 0.422 e. The molecule has 0 saturated carbocycles. The van der Waals surface area contributed by atoms with Gasteiger partial charge in [0, 0.05) is 16.5 Å². The summed E-state index contributed by atoms with van der Waals surface area (Å²) in [5.41, 5.74) is -2.17. The second kappa shape index (κ2) is 12.3. The number of ether oxygens (including phenoxy) is 2. The number of likely N-dealkylation sites (tertiary alicyclic amines) is 1. The zero-order valence-corrected chi connectivity index (χ0v) is 22.8. The molecule has 4 rings (SSSR count). The number of hydrogen-bond acceptors (Lipinski definition) is 5. The Morgan fingerprint density at radius 2 is 1.60 bits per heavy atom. The first-order valence-corrected chi connectivity index (χ1v) is 13.2. The first-order chi connectivity index (χ1) is 20.2. The van der Waals surface area contributed by atoms with Crippen molar-refractivity contribution in [3.8, 4) is 11.8 Å². The van der Waals surface area contributed by atoms with Crippen molar-refractivity contribution in [3.63, 3.8) is 0 Å². The lowest BCUT2D eigenvalue weighted by atomic mass is 9.85. The summed E-state index contributed by atoms with van der Waals surface area (Å²) in [6.45, 7) is -3.57. The van der Waals surface area contributed by atoms with Crippen molar-refractivity contribution >= 4 is 23.5 Å². The zero-order chi connectivity index (χ0) is 31.6. The van der Waals surface area contributed by atoms with Crippen molar-refractivity contribution in [1.82, 2.24) is 4.90 Å². The number of para-hydroxylation sites is 1. The van der Waals surface area contributed by atoms with E-state index in [0.29, 0.717) is 5.56 Å². The van der Waals surface area contributed by atoms with Crippen LogP contribution >= 0.6 is 11.6 Å². The Morgan fingerprint density at radius 3 is 2.19 bits per heavy atom. The number of carboxylic acids is 1. The molecule has 2 aromatic rings. The van der Waals surface area contributed by atoms with Gasteiger partial charge in [-0.2, -0.15) is 31.6 Å². The molecule has 1 amide bonds. The fraction of sp³-hybridized carbons (Fsp3) is 0.345. The monoisotopic (exact) mass is 628 g/mol. The molecule has 1 heterocycles. The molecule has 14 heteroatoms. The molecular weight excluding hydrogens is 606 g/mol. The zero-order valence-electron chi connectivity index (χ0n) is 22.0. The van der Waals surface area contributed by atoms with Gasteiger partial charge in [0.2, 0.25) is 0 Å². The van der Waals surface area contributed by atoms with E-state index in [1.54, 1.807) is 24.3 Å². The minimum absolute atomic E-state index is 0.0107. The number of nitriles is 1. The molecular formula is C29H23ClF6N2O5. The number of nitrogens with zero attached hydrogens (tertiary/aromatic N) is 2. The summed E-state index contributed by atoms with van der Waals surface area (Å²) in [5, 5.41) is 19.5. The van der Waals surface area contributed by atoms with Gasteiger partial charge in [-0.3, -0.25) is 4.79 Å². The van der Waals surface area contributed by atoms with Crippen molar-refractivity contribution in [3.05, 3.63) is 88.5 Å². The van der Waals surface area contributed by atoms with E-state index in [4.69, 9.17) is 21.1 Å². The maximum atomic E-state index is 14.1. The van der Waals surface area contributed by atoms with Gasteiger partial charge in [0.25, 0.3) is 5.91 Å². The van der Waals surface area contributed by atoms with Crippen molar-refractivity contribution in [2.24, 2.45) is 0 Å². The van der Waals surface area contributed by atoms with Gasteiger partial charge in [-0.15, -0.1) is 0 Å². The molecule has 43 heavy (non-hydrogen) atoms. The highest BCUT2D eigenvalue weighted by Crippen LogP contribution is 2.43. The summed E-state index contributed by atoms with van der Waals surface area (Å²) in [5.74, 6) is -3.81. The topological polar surface area (TPSA) is 99.9 Å². The predicted molar refractivity (Wildman–Crippen MR) is 140 cm³/mol. The van der Waals surface area contributed by atoms with Gasteiger partial charge < -0.3 is 19.5 Å². The standard InChI is InChI=1S/C29H23ClF6N2O5/c30-21-7-2-1-5-20(21)22-8-9-23(25(39)40)38(22)26(41)27(43-16-29(34,35)36)12-10-17(11-13-27)19-6-3-4-18(14-37)24(19)42-15-28(31,32)33/h1-7,10-13,17,22-23H,8-9,15-16H2,(H,39,40)/t17?,22-,23+,27?/m1/s1. The van der Waals surface area contributed by atoms with Gasteiger partial charge in [0.15, 0.2) is 12.2 Å². The fourth-order valence-electron chi connectivity index (χ4n) is 5.13. The average molecular weight is 629 g/mol. The Bertz CT molecular complexity index is 1470. The molecule has 0 spiro atoms. The minimum atomic E-state index is -4.87. The van der Waals surface area contributed by atoms with Crippen LogP contribution in [0.5, 0.6) is 5.75 Å². The maximum absolute atomic E-state index is 14.1.